The van der Waals surface area contributed by atoms with E-state index in [2.05, 4.69) is 54.5 Å². The van der Waals surface area contributed by atoms with Crippen LogP contribution in [0.2, 0.25) is 0 Å². The lowest BCUT2D eigenvalue weighted by atomic mass is 10.1. The number of likely N-dealkylation sites (N-methyl/N-ethyl adjacent to an activating group) is 2. The molecular formula is C45H94N6O4P2. The molecule has 338 valence electrons. The van der Waals surface area contributed by atoms with Crippen molar-refractivity contribution in [2.45, 2.75) is 202 Å². The van der Waals surface area contributed by atoms with E-state index in [4.69, 9.17) is 27.6 Å². The van der Waals surface area contributed by atoms with Crippen LogP contribution in [0.1, 0.15) is 202 Å². The quantitative estimate of drug-likeness (QED) is 0.0449. The number of guanidine groups is 2. The summed E-state index contributed by atoms with van der Waals surface area (Å²) in [6.07, 6.45) is 33.9. The molecule has 2 aliphatic heterocycles. The molecule has 0 amide bonds. The predicted molar refractivity (Wildman–Crippen MR) is 250 cm³/mol. The average molecular weight is 845 g/mol. The van der Waals surface area contributed by atoms with E-state index in [1.54, 1.807) is 7.11 Å². The lowest BCUT2D eigenvalue weighted by molar-refractivity contribution is 0.215. The van der Waals surface area contributed by atoms with Crippen LogP contribution in [0, 0.1) is 0 Å². The monoisotopic (exact) mass is 845 g/mol. The molecule has 2 unspecified atom stereocenters. The van der Waals surface area contributed by atoms with Crippen molar-refractivity contribution in [3.05, 3.63) is 0 Å². The fourth-order valence-corrected chi connectivity index (χ4v) is 9.40. The summed E-state index contributed by atoms with van der Waals surface area (Å²) in [6.45, 7) is 18.7. The van der Waals surface area contributed by atoms with E-state index in [9.17, 15) is 0 Å². The number of hydrogen-bond acceptors (Lipinski definition) is 6. The molecule has 2 fully saturated rings. The van der Waals surface area contributed by atoms with Crippen molar-refractivity contribution < 1.29 is 18.1 Å². The Bertz CT molecular complexity index is 952. The van der Waals surface area contributed by atoms with Gasteiger partial charge < -0.3 is 37.7 Å². The van der Waals surface area contributed by atoms with Crippen LogP contribution in [0.5, 0.6) is 0 Å². The molecule has 0 aliphatic carbocycles. The third-order valence-corrected chi connectivity index (χ3v) is 13.1. The van der Waals surface area contributed by atoms with Crippen LogP contribution in [0.3, 0.4) is 0 Å². The molecule has 2 atom stereocenters. The van der Waals surface area contributed by atoms with E-state index < -0.39 is 17.1 Å². The molecule has 2 saturated heterocycles. The molecule has 0 N–H and O–H groups in total. The van der Waals surface area contributed by atoms with Gasteiger partial charge in [-0.15, -0.1) is 0 Å². The Balaban J connectivity index is 0.00000799. The molecule has 0 aromatic rings. The summed E-state index contributed by atoms with van der Waals surface area (Å²) in [5.74, 6) is 2.04. The van der Waals surface area contributed by atoms with E-state index in [0.717, 1.165) is 64.0 Å². The molecule has 0 radical (unpaired) electrons. The first-order valence-corrected chi connectivity index (χ1v) is 26.4. The van der Waals surface area contributed by atoms with E-state index >= 15 is 0 Å². The normalized spacial score (nSPS) is 17.0. The van der Waals surface area contributed by atoms with E-state index in [1.165, 1.54) is 154 Å². The highest BCUT2D eigenvalue weighted by Crippen LogP contribution is 2.43. The highest BCUT2D eigenvalue weighted by atomic mass is 31.2. The fraction of sp³-hybridized carbons (Fsp3) is 0.956. The third kappa shape index (κ3) is 27.7. The molecule has 12 heteroatoms. The maximum atomic E-state index is 6.35. The van der Waals surface area contributed by atoms with Gasteiger partial charge in [0.25, 0.3) is 0 Å². The van der Waals surface area contributed by atoms with Gasteiger partial charge in [-0.2, -0.15) is 9.53 Å². The number of unbranched alkanes of at least 4 members (excludes halogenated alkanes) is 22. The van der Waals surface area contributed by atoms with Crippen molar-refractivity contribution in [2.24, 2.45) is 9.53 Å². The van der Waals surface area contributed by atoms with Gasteiger partial charge in [-0.25, -0.2) is 0 Å². The van der Waals surface area contributed by atoms with Crippen LogP contribution in [-0.4, -0.2) is 112 Å². The molecule has 0 bridgehead atoms. The van der Waals surface area contributed by atoms with Crippen molar-refractivity contribution >= 4 is 29.0 Å². The highest BCUT2D eigenvalue weighted by Gasteiger charge is 2.27. The summed E-state index contributed by atoms with van der Waals surface area (Å²) in [6, 6.07) is 0. The Kier molecular flexibility index (Phi) is 37.5. The lowest BCUT2D eigenvalue weighted by Crippen LogP contribution is -2.32. The molecule has 0 spiro atoms. The summed E-state index contributed by atoms with van der Waals surface area (Å²) in [7, 11) is 3.25. The third-order valence-electron chi connectivity index (χ3n) is 10.9. The SMILES string of the molecule is CC.CCCCCCCCCCCCN1CCN(C)C1=NP(OC)OCCCOP(N=C1N(C)CCN1CCCCCCCCCCCC)OCCCCCCC. The molecule has 2 aliphatic rings. The highest BCUT2D eigenvalue weighted by molar-refractivity contribution is 7.46. The smallest absolute Gasteiger partial charge is 0.313 e. The van der Waals surface area contributed by atoms with Gasteiger partial charge in [0, 0.05) is 60.5 Å². The molecule has 0 aromatic heterocycles. The van der Waals surface area contributed by atoms with Gasteiger partial charge in [0.1, 0.15) is 0 Å². The summed E-state index contributed by atoms with van der Waals surface area (Å²) < 4.78 is 34.7. The standard InChI is InChI=1S/C43H88N6O4P2.C2H6/c1-7-10-13-16-18-20-22-24-26-29-33-48-37-35-46(4)42(48)44-54(50-6)51-40-32-41-53-55(52-39-31-28-15-12-9-3)45-43-47(5)36-38-49(43)34-30-27-25-23-21-19-17-14-11-8-2;1-2/h7-41H2,1-6H3;1-2H3. The van der Waals surface area contributed by atoms with E-state index in [0.29, 0.717) is 19.8 Å². The van der Waals surface area contributed by atoms with Crippen LogP contribution in [0.4, 0.5) is 0 Å². The number of hydrogen-bond donors (Lipinski definition) is 0. The average Bonchev–Trinajstić information content (AvgIpc) is 3.76. The van der Waals surface area contributed by atoms with Crippen LogP contribution < -0.4 is 0 Å². The first-order chi connectivity index (χ1) is 28.0. The second-order valence-corrected chi connectivity index (χ2v) is 18.4. The van der Waals surface area contributed by atoms with Gasteiger partial charge in [-0.05, 0) is 25.7 Å². The minimum Gasteiger partial charge on any atom is -0.344 e. The lowest BCUT2D eigenvalue weighted by Gasteiger charge is -2.23. The van der Waals surface area contributed by atoms with Crippen LogP contribution in [-0.2, 0) is 18.1 Å². The van der Waals surface area contributed by atoms with Crippen molar-refractivity contribution in [2.75, 3.05) is 80.3 Å². The van der Waals surface area contributed by atoms with Crippen LogP contribution in [0.25, 0.3) is 0 Å². The van der Waals surface area contributed by atoms with Crippen molar-refractivity contribution in [1.29, 1.82) is 0 Å². The summed E-state index contributed by atoms with van der Waals surface area (Å²) in [5.41, 5.74) is 0. The van der Waals surface area contributed by atoms with Crippen LogP contribution >= 0.6 is 17.1 Å². The van der Waals surface area contributed by atoms with E-state index in [-0.39, 0.29) is 0 Å². The minimum atomic E-state index is -1.37. The molecule has 2 heterocycles. The van der Waals surface area contributed by atoms with Crippen molar-refractivity contribution in [1.82, 2.24) is 19.6 Å². The Morgan fingerprint density at radius 3 is 1.12 bits per heavy atom. The summed E-state index contributed by atoms with van der Waals surface area (Å²) in [5, 5.41) is 0. The first-order valence-electron chi connectivity index (χ1n) is 24.2. The molecular weight excluding hydrogens is 750 g/mol. The van der Waals surface area contributed by atoms with E-state index in [1.807, 2.05) is 13.8 Å². The number of nitrogens with zero attached hydrogens (tertiary/aromatic N) is 6. The zero-order valence-electron chi connectivity index (χ0n) is 39.0. The molecule has 0 aromatic carbocycles. The summed E-state index contributed by atoms with van der Waals surface area (Å²) in [4.78, 5) is 9.37. The molecule has 0 saturated carbocycles. The van der Waals surface area contributed by atoms with Gasteiger partial charge >= 0.3 is 17.1 Å². The van der Waals surface area contributed by atoms with Gasteiger partial charge in [0.05, 0.1) is 19.8 Å². The van der Waals surface area contributed by atoms with Crippen LogP contribution in [0.15, 0.2) is 9.53 Å². The van der Waals surface area contributed by atoms with Gasteiger partial charge in [-0.3, -0.25) is 0 Å². The minimum absolute atomic E-state index is 0.528. The maximum absolute atomic E-state index is 6.35. The fourth-order valence-electron chi connectivity index (χ4n) is 7.26. The zero-order valence-corrected chi connectivity index (χ0v) is 40.7. The predicted octanol–water partition coefficient (Wildman–Crippen LogP) is 13.6. The Morgan fingerprint density at radius 1 is 0.421 bits per heavy atom. The number of rotatable bonds is 38. The van der Waals surface area contributed by atoms with Crippen molar-refractivity contribution in [3.63, 3.8) is 0 Å². The second-order valence-electron chi connectivity index (χ2n) is 15.9. The maximum Gasteiger partial charge on any atom is 0.313 e. The second kappa shape index (κ2) is 39.4. The largest absolute Gasteiger partial charge is 0.344 e. The Hall–Kier alpha value is -0.760. The topological polar surface area (TPSA) is 74.6 Å². The van der Waals surface area contributed by atoms with Crippen molar-refractivity contribution in [3.8, 4) is 0 Å². The Morgan fingerprint density at radius 2 is 0.737 bits per heavy atom. The summed E-state index contributed by atoms with van der Waals surface area (Å²) >= 11 is 0. The Labute approximate surface area is 357 Å². The molecule has 10 nitrogen and oxygen atoms in total. The molecule has 2 rings (SSSR count). The van der Waals surface area contributed by atoms with Gasteiger partial charge in [0.15, 0.2) is 0 Å². The van der Waals surface area contributed by atoms with Gasteiger partial charge in [-0.1, -0.05) is 176 Å². The molecule has 57 heavy (non-hydrogen) atoms. The van der Waals surface area contributed by atoms with Gasteiger partial charge in [0.2, 0.25) is 11.9 Å². The first kappa shape index (κ1) is 54.3. The zero-order chi connectivity index (χ0) is 41.6.